The van der Waals surface area contributed by atoms with E-state index in [2.05, 4.69) is 6.07 Å². The summed E-state index contributed by atoms with van der Waals surface area (Å²) in [5, 5.41) is 10.6. The Hall–Kier alpha value is -1.70. The lowest BCUT2D eigenvalue weighted by Crippen LogP contribution is -1.99. The van der Waals surface area contributed by atoms with Gasteiger partial charge in [-0.1, -0.05) is 18.2 Å². The van der Waals surface area contributed by atoms with Crippen molar-refractivity contribution in [3.8, 4) is 0 Å². The third-order valence-corrected chi connectivity index (χ3v) is 2.67. The second-order valence-corrected chi connectivity index (χ2v) is 3.58. The number of fused-ring (bicyclic) bond motifs is 3. The predicted octanol–water partition coefficient (Wildman–Crippen LogP) is 2.97. The molecule has 1 aliphatic rings. The zero-order valence-corrected chi connectivity index (χ0v) is 7.66. The van der Waals surface area contributed by atoms with Crippen LogP contribution in [-0.2, 0) is 12.8 Å². The number of aliphatic hydroxyl groups is 1. The third-order valence-electron chi connectivity index (χ3n) is 2.67. The van der Waals surface area contributed by atoms with Gasteiger partial charge in [0.2, 0.25) is 0 Å². The highest BCUT2D eigenvalue weighted by atomic mass is 16.3. The Kier molecular flexibility index (Phi) is 1.45. The molecule has 1 aliphatic carbocycles. The van der Waals surface area contributed by atoms with Crippen molar-refractivity contribution in [1.82, 2.24) is 0 Å². The molecule has 0 spiro atoms. The van der Waals surface area contributed by atoms with Crippen molar-refractivity contribution in [2.24, 2.45) is 0 Å². The van der Waals surface area contributed by atoms with E-state index in [-0.39, 0.29) is 0 Å². The molecule has 0 saturated heterocycles. The van der Waals surface area contributed by atoms with Crippen LogP contribution in [-0.4, -0.2) is 5.11 Å². The average Bonchev–Trinajstić information content (AvgIpc) is 2.54. The van der Waals surface area contributed by atoms with Crippen LogP contribution in [0.5, 0.6) is 0 Å². The maximum atomic E-state index is 9.38. The van der Waals surface area contributed by atoms with Gasteiger partial charge in [-0.2, -0.15) is 0 Å². The fraction of sp³-hybridized carbons (Fsp3) is 0.167. The summed E-state index contributed by atoms with van der Waals surface area (Å²) >= 11 is 0. The van der Waals surface area contributed by atoms with Crippen molar-refractivity contribution >= 4 is 11.0 Å². The van der Waals surface area contributed by atoms with Crippen LogP contribution in [0.25, 0.3) is 11.0 Å². The van der Waals surface area contributed by atoms with E-state index in [0.29, 0.717) is 12.2 Å². The van der Waals surface area contributed by atoms with E-state index < -0.39 is 0 Å². The normalized spacial score (nSPS) is 15.3. The standard InChI is InChI=1S/C12H10O2/c13-8-5-6-10-9-3-1-2-4-11(9)14-12(10)7-8/h1-5,13H,6-7H2. The Balaban J connectivity index is 2.28. The second kappa shape index (κ2) is 2.64. The minimum absolute atomic E-state index is 0.413. The highest BCUT2D eigenvalue weighted by Gasteiger charge is 2.17. The van der Waals surface area contributed by atoms with Crippen LogP contribution in [0.4, 0.5) is 0 Å². The maximum absolute atomic E-state index is 9.38. The van der Waals surface area contributed by atoms with Gasteiger partial charge in [0.05, 0.1) is 12.2 Å². The number of rotatable bonds is 0. The molecule has 2 nitrogen and oxygen atoms in total. The molecule has 1 aromatic carbocycles. The molecule has 70 valence electrons. The molecule has 14 heavy (non-hydrogen) atoms. The number of aliphatic hydroxyl groups excluding tert-OH is 1. The number of hydrogen-bond donors (Lipinski definition) is 1. The molecule has 2 aromatic rings. The number of para-hydroxylation sites is 1. The summed E-state index contributed by atoms with van der Waals surface area (Å²) in [4.78, 5) is 0. The van der Waals surface area contributed by atoms with Crippen LogP contribution in [0.15, 0.2) is 40.5 Å². The Morgan fingerprint density at radius 2 is 2.07 bits per heavy atom. The fourth-order valence-corrected chi connectivity index (χ4v) is 1.97. The molecule has 0 amide bonds. The van der Waals surface area contributed by atoms with Gasteiger partial charge in [-0.3, -0.25) is 0 Å². The van der Waals surface area contributed by atoms with Crippen molar-refractivity contribution < 1.29 is 9.52 Å². The van der Waals surface area contributed by atoms with Crippen LogP contribution < -0.4 is 0 Å². The van der Waals surface area contributed by atoms with Crippen molar-refractivity contribution in [3.63, 3.8) is 0 Å². The summed E-state index contributed by atoms with van der Waals surface area (Å²) in [5.74, 6) is 1.32. The molecule has 0 saturated carbocycles. The Morgan fingerprint density at radius 3 is 3.00 bits per heavy atom. The van der Waals surface area contributed by atoms with E-state index in [4.69, 9.17) is 4.42 Å². The first kappa shape index (κ1) is 7.68. The molecule has 1 N–H and O–H groups in total. The Morgan fingerprint density at radius 1 is 1.21 bits per heavy atom. The average molecular weight is 186 g/mol. The summed E-state index contributed by atoms with van der Waals surface area (Å²) in [6.45, 7) is 0. The lowest BCUT2D eigenvalue weighted by molar-refractivity contribution is 0.377. The lowest BCUT2D eigenvalue weighted by atomic mass is 10.0. The van der Waals surface area contributed by atoms with E-state index in [1.54, 1.807) is 0 Å². The maximum Gasteiger partial charge on any atom is 0.134 e. The zero-order chi connectivity index (χ0) is 9.54. The van der Waals surface area contributed by atoms with Gasteiger partial charge >= 0.3 is 0 Å². The molecular formula is C12H10O2. The fourth-order valence-electron chi connectivity index (χ4n) is 1.97. The van der Waals surface area contributed by atoms with Gasteiger partial charge < -0.3 is 9.52 Å². The molecule has 1 heterocycles. The summed E-state index contributed by atoms with van der Waals surface area (Å²) < 4.78 is 5.66. The summed E-state index contributed by atoms with van der Waals surface area (Å²) in [5.41, 5.74) is 2.14. The van der Waals surface area contributed by atoms with Gasteiger partial charge in [-0.15, -0.1) is 0 Å². The third kappa shape index (κ3) is 0.970. The van der Waals surface area contributed by atoms with Crippen molar-refractivity contribution in [2.75, 3.05) is 0 Å². The monoisotopic (exact) mass is 186 g/mol. The van der Waals surface area contributed by atoms with E-state index >= 15 is 0 Å². The van der Waals surface area contributed by atoms with Crippen LogP contribution in [0.2, 0.25) is 0 Å². The number of furan rings is 1. The first-order valence-electron chi connectivity index (χ1n) is 4.72. The minimum atomic E-state index is 0.413. The highest BCUT2D eigenvalue weighted by molar-refractivity contribution is 5.82. The number of hydrogen-bond acceptors (Lipinski definition) is 2. The first-order valence-corrected chi connectivity index (χ1v) is 4.72. The summed E-state index contributed by atoms with van der Waals surface area (Å²) in [6, 6.07) is 8.00. The van der Waals surface area contributed by atoms with E-state index in [1.807, 2.05) is 24.3 Å². The van der Waals surface area contributed by atoms with Crippen LogP contribution in [0.3, 0.4) is 0 Å². The molecule has 0 bridgehead atoms. The van der Waals surface area contributed by atoms with Crippen molar-refractivity contribution in [1.29, 1.82) is 0 Å². The van der Waals surface area contributed by atoms with Gasteiger partial charge in [0.15, 0.2) is 0 Å². The largest absolute Gasteiger partial charge is 0.512 e. The first-order chi connectivity index (χ1) is 6.84. The van der Waals surface area contributed by atoms with Gasteiger partial charge in [0.1, 0.15) is 11.3 Å². The van der Waals surface area contributed by atoms with Crippen LogP contribution in [0, 0.1) is 0 Å². The zero-order valence-electron chi connectivity index (χ0n) is 7.66. The van der Waals surface area contributed by atoms with Crippen LogP contribution in [0.1, 0.15) is 11.3 Å². The van der Waals surface area contributed by atoms with Gasteiger partial charge in [-0.25, -0.2) is 0 Å². The SMILES string of the molecule is OC1=CCc2c(oc3ccccc23)C1. The number of benzene rings is 1. The van der Waals surface area contributed by atoms with Crippen molar-refractivity contribution in [3.05, 3.63) is 47.4 Å². The molecule has 0 fully saturated rings. The molecule has 0 radical (unpaired) electrons. The van der Waals surface area contributed by atoms with E-state index in [9.17, 15) is 5.11 Å². The lowest BCUT2D eigenvalue weighted by Gasteiger charge is -2.06. The summed E-state index contributed by atoms with van der Waals surface area (Å²) in [7, 11) is 0. The molecule has 1 aromatic heterocycles. The summed E-state index contributed by atoms with van der Waals surface area (Å²) in [6.07, 6.45) is 3.16. The Bertz CT molecular complexity index is 520. The van der Waals surface area contributed by atoms with Gasteiger partial charge in [0, 0.05) is 10.9 Å². The molecule has 0 atom stereocenters. The topological polar surface area (TPSA) is 33.4 Å². The van der Waals surface area contributed by atoms with Crippen molar-refractivity contribution in [2.45, 2.75) is 12.8 Å². The second-order valence-electron chi connectivity index (χ2n) is 3.58. The minimum Gasteiger partial charge on any atom is -0.512 e. The molecule has 2 heteroatoms. The Labute approximate surface area is 81.5 Å². The van der Waals surface area contributed by atoms with Crippen LogP contribution >= 0.6 is 0 Å². The van der Waals surface area contributed by atoms with Gasteiger partial charge in [-0.05, 0) is 18.6 Å². The molecule has 3 rings (SSSR count). The quantitative estimate of drug-likeness (QED) is 0.686. The molecular weight excluding hydrogens is 176 g/mol. The molecule has 0 unspecified atom stereocenters. The predicted molar refractivity (Wildman–Crippen MR) is 54.3 cm³/mol. The highest BCUT2D eigenvalue weighted by Crippen LogP contribution is 2.30. The van der Waals surface area contributed by atoms with Gasteiger partial charge in [0.25, 0.3) is 0 Å². The van der Waals surface area contributed by atoms with E-state index in [0.717, 1.165) is 17.8 Å². The molecule has 0 aliphatic heterocycles. The number of allylic oxidation sites excluding steroid dienone is 2. The van der Waals surface area contributed by atoms with E-state index in [1.165, 1.54) is 10.9 Å². The smallest absolute Gasteiger partial charge is 0.134 e.